The van der Waals surface area contributed by atoms with Crippen molar-refractivity contribution in [1.29, 1.82) is 0 Å². The van der Waals surface area contributed by atoms with E-state index in [1.54, 1.807) is 11.3 Å². The molecule has 1 saturated heterocycles. The van der Waals surface area contributed by atoms with Crippen molar-refractivity contribution in [1.82, 2.24) is 4.90 Å². The van der Waals surface area contributed by atoms with Crippen molar-refractivity contribution in [3.05, 3.63) is 22.4 Å². The number of carbonyl (C=O) groups is 1. The second kappa shape index (κ2) is 5.43. The summed E-state index contributed by atoms with van der Waals surface area (Å²) in [6.45, 7) is 0.968. The molecule has 18 heavy (non-hydrogen) atoms. The van der Waals surface area contributed by atoms with E-state index < -0.39 is 0 Å². The molecular weight excluding hydrogens is 242 g/mol. The molecule has 0 radical (unpaired) electrons. The molecule has 1 atom stereocenters. The van der Waals surface area contributed by atoms with Gasteiger partial charge in [0.1, 0.15) is 0 Å². The fourth-order valence-electron chi connectivity index (χ4n) is 3.43. The number of rotatable bonds is 2. The second-order valence-electron chi connectivity index (χ2n) is 5.58. The lowest BCUT2D eigenvalue weighted by Crippen LogP contribution is -2.36. The maximum absolute atomic E-state index is 12.6. The number of nitrogens with zero attached hydrogens (tertiary/aromatic N) is 1. The first-order chi connectivity index (χ1) is 8.86. The Hall–Kier alpha value is -0.830. The van der Waals surface area contributed by atoms with Crippen LogP contribution in [0.4, 0.5) is 0 Å². The van der Waals surface area contributed by atoms with Crippen molar-refractivity contribution in [2.45, 2.75) is 51.0 Å². The minimum atomic E-state index is 0.318. The van der Waals surface area contributed by atoms with Gasteiger partial charge in [0.15, 0.2) is 0 Å². The van der Waals surface area contributed by atoms with Crippen LogP contribution in [0.25, 0.3) is 0 Å². The molecule has 0 N–H and O–H groups in total. The van der Waals surface area contributed by atoms with Crippen LogP contribution < -0.4 is 0 Å². The van der Waals surface area contributed by atoms with Gasteiger partial charge in [-0.15, -0.1) is 0 Å². The SMILES string of the molecule is O=C(C1CCCCC1)N1CCCC1c1ccsc1. The fraction of sp³-hybridized carbons (Fsp3) is 0.667. The molecule has 3 rings (SSSR count). The quantitative estimate of drug-likeness (QED) is 0.790. The summed E-state index contributed by atoms with van der Waals surface area (Å²) in [4.78, 5) is 14.8. The average molecular weight is 263 g/mol. The van der Waals surface area contributed by atoms with Gasteiger partial charge in [-0.25, -0.2) is 0 Å². The number of hydrogen-bond donors (Lipinski definition) is 0. The Morgan fingerprint density at radius 3 is 2.72 bits per heavy atom. The highest BCUT2D eigenvalue weighted by Crippen LogP contribution is 2.36. The van der Waals surface area contributed by atoms with Gasteiger partial charge in [0.2, 0.25) is 5.91 Å². The summed E-state index contributed by atoms with van der Waals surface area (Å²) in [7, 11) is 0. The van der Waals surface area contributed by atoms with Crippen LogP contribution >= 0.6 is 11.3 Å². The van der Waals surface area contributed by atoms with Gasteiger partial charge >= 0.3 is 0 Å². The summed E-state index contributed by atoms with van der Waals surface area (Å²) in [5.41, 5.74) is 1.35. The summed E-state index contributed by atoms with van der Waals surface area (Å²) < 4.78 is 0. The Balaban J connectivity index is 1.72. The van der Waals surface area contributed by atoms with Gasteiger partial charge in [0, 0.05) is 12.5 Å². The van der Waals surface area contributed by atoms with Gasteiger partial charge in [-0.2, -0.15) is 11.3 Å². The Kier molecular flexibility index (Phi) is 3.69. The maximum Gasteiger partial charge on any atom is 0.226 e. The normalized spacial score (nSPS) is 25.6. The molecule has 0 spiro atoms. The molecule has 2 heterocycles. The largest absolute Gasteiger partial charge is 0.335 e. The lowest BCUT2D eigenvalue weighted by atomic mass is 9.88. The summed E-state index contributed by atoms with van der Waals surface area (Å²) in [5.74, 6) is 0.751. The summed E-state index contributed by atoms with van der Waals surface area (Å²) in [6, 6.07) is 2.55. The van der Waals surface area contributed by atoms with Crippen LogP contribution in [0.2, 0.25) is 0 Å². The van der Waals surface area contributed by atoms with Gasteiger partial charge in [0.25, 0.3) is 0 Å². The molecule has 2 nitrogen and oxygen atoms in total. The van der Waals surface area contributed by atoms with E-state index in [2.05, 4.69) is 21.7 Å². The number of thiophene rings is 1. The van der Waals surface area contributed by atoms with E-state index in [0.717, 1.165) is 25.8 Å². The topological polar surface area (TPSA) is 20.3 Å². The van der Waals surface area contributed by atoms with Crippen molar-refractivity contribution >= 4 is 17.2 Å². The molecular formula is C15H21NOS. The first-order valence-electron chi connectivity index (χ1n) is 7.19. The summed E-state index contributed by atoms with van der Waals surface area (Å²) in [5, 5.41) is 4.33. The van der Waals surface area contributed by atoms with Crippen LogP contribution in [0, 0.1) is 5.92 Å². The van der Waals surface area contributed by atoms with Crippen molar-refractivity contribution in [3.8, 4) is 0 Å². The third kappa shape index (κ3) is 2.33. The minimum Gasteiger partial charge on any atom is -0.335 e. The van der Waals surface area contributed by atoms with Crippen LogP contribution in [0.15, 0.2) is 16.8 Å². The molecule has 1 saturated carbocycles. The van der Waals surface area contributed by atoms with E-state index in [9.17, 15) is 4.79 Å². The minimum absolute atomic E-state index is 0.318. The Labute approximate surface area is 113 Å². The Bertz CT molecular complexity index is 395. The number of carbonyl (C=O) groups excluding carboxylic acids is 1. The van der Waals surface area contributed by atoms with E-state index in [4.69, 9.17) is 0 Å². The molecule has 98 valence electrons. The molecule has 1 aliphatic heterocycles. The zero-order valence-corrected chi connectivity index (χ0v) is 11.6. The van der Waals surface area contributed by atoms with Crippen LogP contribution in [-0.4, -0.2) is 17.4 Å². The van der Waals surface area contributed by atoms with E-state index in [-0.39, 0.29) is 0 Å². The molecule has 1 aromatic heterocycles. The van der Waals surface area contributed by atoms with Gasteiger partial charge < -0.3 is 4.90 Å². The Morgan fingerprint density at radius 1 is 1.17 bits per heavy atom. The second-order valence-corrected chi connectivity index (χ2v) is 6.36. The highest BCUT2D eigenvalue weighted by Gasteiger charge is 2.34. The third-order valence-electron chi connectivity index (χ3n) is 4.42. The van der Waals surface area contributed by atoms with Crippen LogP contribution in [-0.2, 0) is 4.79 Å². The molecule has 1 unspecified atom stereocenters. The van der Waals surface area contributed by atoms with Gasteiger partial charge in [-0.1, -0.05) is 19.3 Å². The summed E-state index contributed by atoms with van der Waals surface area (Å²) in [6.07, 6.45) is 8.35. The van der Waals surface area contributed by atoms with Gasteiger partial charge in [-0.3, -0.25) is 4.79 Å². The predicted octanol–water partition coefficient (Wildman–Crippen LogP) is 3.99. The van der Waals surface area contributed by atoms with Crippen molar-refractivity contribution in [2.75, 3.05) is 6.54 Å². The molecule has 2 aliphatic rings. The third-order valence-corrected chi connectivity index (χ3v) is 5.12. The molecule has 2 fully saturated rings. The van der Waals surface area contributed by atoms with E-state index in [1.165, 1.54) is 31.2 Å². The van der Waals surface area contributed by atoms with Crippen LogP contribution in [0.5, 0.6) is 0 Å². The maximum atomic E-state index is 12.6. The molecule has 1 aliphatic carbocycles. The van der Waals surface area contributed by atoms with Gasteiger partial charge in [-0.05, 0) is 48.1 Å². The number of likely N-dealkylation sites (tertiary alicyclic amines) is 1. The van der Waals surface area contributed by atoms with Crippen LogP contribution in [0.1, 0.15) is 56.6 Å². The smallest absolute Gasteiger partial charge is 0.226 e. The molecule has 3 heteroatoms. The average Bonchev–Trinajstić information content (AvgIpc) is 3.09. The lowest BCUT2D eigenvalue weighted by molar-refractivity contribution is -0.137. The fourth-order valence-corrected chi connectivity index (χ4v) is 4.13. The van der Waals surface area contributed by atoms with E-state index in [1.807, 2.05) is 0 Å². The Morgan fingerprint density at radius 2 is 2.00 bits per heavy atom. The summed E-state index contributed by atoms with van der Waals surface area (Å²) >= 11 is 1.74. The van der Waals surface area contributed by atoms with Crippen molar-refractivity contribution in [2.24, 2.45) is 5.92 Å². The van der Waals surface area contributed by atoms with Crippen LogP contribution in [0.3, 0.4) is 0 Å². The first-order valence-corrected chi connectivity index (χ1v) is 8.13. The lowest BCUT2D eigenvalue weighted by Gasteiger charge is -2.30. The molecule has 1 amide bonds. The standard InChI is InChI=1S/C15H21NOS/c17-15(12-5-2-1-3-6-12)16-9-4-7-14(16)13-8-10-18-11-13/h8,10-12,14H,1-7,9H2. The number of hydrogen-bond acceptors (Lipinski definition) is 2. The number of amides is 1. The van der Waals surface area contributed by atoms with Crippen molar-refractivity contribution in [3.63, 3.8) is 0 Å². The highest BCUT2D eigenvalue weighted by molar-refractivity contribution is 7.07. The predicted molar refractivity (Wildman–Crippen MR) is 74.6 cm³/mol. The molecule has 1 aromatic rings. The van der Waals surface area contributed by atoms with E-state index in [0.29, 0.717) is 17.9 Å². The zero-order chi connectivity index (χ0) is 12.4. The van der Waals surface area contributed by atoms with E-state index >= 15 is 0 Å². The van der Waals surface area contributed by atoms with Gasteiger partial charge in [0.05, 0.1) is 6.04 Å². The first kappa shape index (κ1) is 12.2. The molecule has 0 bridgehead atoms. The molecule has 0 aromatic carbocycles. The highest BCUT2D eigenvalue weighted by atomic mass is 32.1. The monoisotopic (exact) mass is 263 g/mol. The van der Waals surface area contributed by atoms with Crippen molar-refractivity contribution < 1.29 is 4.79 Å². The zero-order valence-electron chi connectivity index (χ0n) is 10.8.